The summed E-state index contributed by atoms with van der Waals surface area (Å²) >= 11 is 0. The van der Waals surface area contributed by atoms with Crippen molar-refractivity contribution in [3.8, 4) is 0 Å². The molecule has 1 aromatic carbocycles. The van der Waals surface area contributed by atoms with E-state index in [9.17, 15) is 14.4 Å². The summed E-state index contributed by atoms with van der Waals surface area (Å²) in [5.41, 5.74) is 1.28. The minimum atomic E-state index is -0.108. The topological polar surface area (TPSA) is 60.2 Å². The van der Waals surface area contributed by atoms with E-state index in [0.29, 0.717) is 16.7 Å². The molecule has 6 heteroatoms. The molecule has 0 aromatic heterocycles. The van der Waals surface area contributed by atoms with Crippen LogP contribution in [0.3, 0.4) is 0 Å². The zero-order valence-electron chi connectivity index (χ0n) is 14.2. The molecule has 0 N–H and O–H groups in total. The normalized spacial score (nSPS) is 27.1. The highest BCUT2D eigenvalue weighted by Crippen LogP contribution is 2.27. The summed E-state index contributed by atoms with van der Waals surface area (Å²) in [5, 5.41) is 0. The molecule has 0 aliphatic carbocycles. The van der Waals surface area contributed by atoms with Crippen LogP contribution in [-0.4, -0.2) is 70.2 Å². The highest BCUT2D eigenvalue weighted by atomic mass is 16.2. The Hall–Kier alpha value is -2.37. The van der Waals surface area contributed by atoms with Crippen LogP contribution >= 0.6 is 0 Å². The third kappa shape index (κ3) is 2.56. The fourth-order valence-electron chi connectivity index (χ4n) is 3.06. The van der Waals surface area contributed by atoms with E-state index in [1.54, 1.807) is 32.9 Å². The summed E-state index contributed by atoms with van der Waals surface area (Å²) in [5.74, 6) is -0.323. The Morgan fingerprint density at radius 3 is 1.04 bits per heavy atom. The number of nitrogens with zero attached hydrogens (tertiary/aromatic N) is 3. The first-order valence-electron chi connectivity index (χ1n) is 8.45. The molecule has 126 valence electrons. The summed E-state index contributed by atoms with van der Waals surface area (Å²) in [6, 6.07) is 5.58. The summed E-state index contributed by atoms with van der Waals surface area (Å²) in [7, 11) is 0. The van der Waals surface area contributed by atoms with Crippen LogP contribution in [0, 0.1) is 0 Å². The number of amides is 3. The predicted molar refractivity (Wildman–Crippen MR) is 87.9 cm³/mol. The molecule has 0 spiro atoms. The Balaban J connectivity index is 1.68. The van der Waals surface area contributed by atoms with Crippen molar-refractivity contribution in [1.82, 2.24) is 14.7 Å². The molecule has 3 aliphatic rings. The van der Waals surface area contributed by atoms with Crippen molar-refractivity contribution < 1.29 is 14.4 Å². The number of benzene rings is 1. The van der Waals surface area contributed by atoms with Gasteiger partial charge in [-0.3, -0.25) is 14.4 Å². The van der Waals surface area contributed by atoms with E-state index in [-0.39, 0.29) is 35.8 Å². The minimum absolute atomic E-state index is 0.108. The first-order chi connectivity index (χ1) is 11.4. The minimum Gasteiger partial charge on any atom is -0.332 e. The molecule has 3 atom stereocenters. The van der Waals surface area contributed by atoms with E-state index in [2.05, 4.69) is 0 Å². The van der Waals surface area contributed by atoms with Crippen LogP contribution in [-0.2, 0) is 0 Å². The second-order valence-corrected chi connectivity index (χ2v) is 7.22. The van der Waals surface area contributed by atoms with Crippen molar-refractivity contribution >= 4 is 17.7 Å². The highest BCUT2D eigenvalue weighted by molar-refractivity contribution is 6.06. The molecule has 1 aromatic rings. The van der Waals surface area contributed by atoms with Gasteiger partial charge in [-0.2, -0.15) is 0 Å². The molecule has 3 saturated heterocycles. The van der Waals surface area contributed by atoms with Gasteiger partial charge in [0.05, 0.1) is 0 Å². The van der Waals surface area contributed by atoms with E-state index < -0.39 is 0 Å². The average Bonchev–Trinajstić information content (AvgIpc) is 3.47. The molecule has 24 heavy (non-hydrogen) atoms. The van der Waals surface area contributed by atoms with E-state index in [1.165, 1.54) is 0 Å². The van der Waals surface area contributed by atoms with Crippen molar-refractivity contribution in [2.24, 2.45) is 0 Å². The number of hydrogen-bond acceptors (Lipinski definition) is 3. The zero-order chi connectivity index (χ0) is 17.2. The number of carbonyl (C=O) groups excluding carboxylic acids is 3. The van der Waals surface area contributed by atoms with Gasteiger partial charge in [0.25, 0.3) is 17.7 Å². The van der Waals surface area contributed by atoms with Crippen LogP contribution in [0.1, 0.15) is 51.8 Å². The third-order valence-corrected chi connectivity index (χ3v) is 5.03. The van der Waals surface area contributed by atoms with Gasteiger partial charge in [0.1, 0.15) is 0 Å². The Morgan fingerprint density at radius 1 is 0.667 bits per heavy atom. The maximum Gasteiger partial charge on any atom is 0.254 e. The fraction of sp³-hybridized carbons (Fsp3) is 0.500. The molecule has 0 bridgehead atoms. The van der Waals surface area contributed by atoms with Crippen LogP contribution in [0.15, 0.2) is 18.2 Å². The van der Waals surface area contributed by atoms with Crippen molar-refractivity contribution in [3.63, 3.8) is 0 Å². The highest BCUT2D eigenvalue weighted by Gasteiger charge is 2.39. The zero-order valence-corrected chi connectivity index (χ0v) is 14.2. The first kappa shape index (κ1) is 15.2. The molecule has 3 aliphatic heterocycles. The van der Waals surface area contributed by atoms with Crippen molar-refractivity contribution in [2.75, 3.05) is 19.6 Å². The summed E-state index contributed by atoms with van der Waals surface area (Å²) < 4.78 is 0. The van der Waals surface area contributed by atoms with Gasteiger partial charge >= 0.3 is 0 Å². The Morgan fingerprint density at radius 2 is 0.875 bits per heavy atom. The van der Waals surface area contributed by atoms with Crippen LogP contribution in [0.4, 0.5) is 0 Å². The maximum absolute atomic E-state index is 12.5. The molecule has 4 rings (SSSR count). The molecule has 3 heterocycles. The average molecular weight is 327 g/mol. The van der Waals surface area contributed by atoms with Gasteiger partial charge in [0, 0.05) is 54.5 Å². The second kappa shape index (κ2) is 5.06. The van der Waals surface area contributed by atoms with E-state index in [1.807, 2.05) is 20.8 Å². The van der Waals surface area contributed by atoms with Crippen molar-refractivity contribution in [1.29, 1.82) is 0 Å². The molecule has 3 fully saturated rings. The van der Waals surface area contributed by atoms with Crippen LogP contribution in [0.25, 0.3) is 0 Å². The molecule has 0 radical (unpaired) electrons. The van der Waals surface area contributed by atoms with Gasteiger partial charge in [-0.25, -0.2) is 0 Å². The lowest BCUT2D eigenvalue weighted by molar-refractivity contribution is 0.0876. The van der Waals surface area contributed by atoms with Gasteiger partial charge in [0.15, 0.2) is 0 Å². The summed E-state index contributed by atoms with van der Waals surface area (Å²) in [4.78, 5) is 42.8. The summed E-state index contributed by atoms with van der Waals surface area (Å²) in [6.07, 6.45) is 0. The number of hydrogen-bond donors (Lipinski definition) is 0. The van der Waals surface area contributed by atoms with E-state index >= 15 is 0 Å². The number of carbonyl (C=O) groups is 3. The standard InChI is InChI=1S/C18H21N3O3/c1-10-7-19(10)16(22)13-4-14(17(23)20-8-11(20)2)6-15(5-13)18(24)21-9-12(21)3/h4-6,10-12H,7-9H2,1-3H3/t10-,11-,12-,19?,20?,21?/m0/s1. The van der Waals surface area contributed by atoms with E-state index in [0.717, 1.165) is 19.6 Å². The monoisotopic (exact) mass is 327 g/mol. The van der Waals surface area contributed by atoms with Crippen LogP contribution < -0.4 is 0 Å². The van der Waals surface area contributed by atoms with Gasteiger partial charge in [-0.1, -0.05) is 0 Å². The molecule has 3 amide bonds. The SMILES string of the molecule is C[C@H]1CN1C(=O)c1cc(C(=O)N2C[C@@H]2C)cc(C(=O)N2C[C@@H]2C)c1. The lowest BCUT2D eigenvalue weighted by atomic mass is 10.0. The molecule has 0 unspecified atom stereocenters. The fourth-order valence-corrected chi connectivity index (χ4v) is 3.06. The van der Waals surface area contributed by atoms with Crippen molar-refractivity contribution in [2.45, 2.75) is 38.9 Å². The molecular weight excluding hydrogens is 306 g/mol. The smallest absolute Gasteiger partial charge is 0.254 e. The third-order valence-electron chi connectivity index (χ3n) is 5.03. The van der Waals surface area contributed by atoms with Gasteiger partial charge in [0.2, 0.25) is 0 Å². The van der Waals surface area contributed by atoms with Gasteiger partial charge in [-0.15, -0.1) is 0 Å². The molecule has 0 saturated carbocycles. The first-order valence-corrected chi connectivity index (χ1v) is 8.45. The van der Waals surface area contributed by atoms with Crippen molar-refractivity contribution in [3.05, 3.63) is 34.9 Å². The predicted octanol–water partition coefficient (Wildman–Crippen LogP) is 1.22. The molecular formula is C18H21N3O3. The van der Waals surface area contributed by atoms with Gasteiger partial charge in [-0.05, 0) is 39.0 Å². The quantitative estimate of drug-likeness (QED) is 0.784. The van der Waals surface area contributed by atoms with Crippen LogP contribution in [0.2, 0.25) is 0 Å². The van der Waals surface area contributed by atoms with Crippen LogP contribution in [0.5, 0.6) is 0 Å². The largest absolute Gasteiger partial charge is 0.332 e. The summed E-state index contributed by atoms with van der Waals surface area (Å²) in [6.45, 7) is 8.13. The lowest BCUT2D eigenvalue weighted by Gasteiger charge is -2.11. The van der Waals surface area contributed by atoms with E-state index in [4.69, 9.17) is 0 Å². The molecule has 6 nitrogen and oxygen atoms in total. The second-order valence-electron chi connectivity index (χ2n) is 7.22. The van der Waals surface area contributed by atoms with Gasteiger partial charge < -0.3 is 14.7 Å². The Bertz CT molecular complexity index is 648. The Labute approximate surface area is 141 Å². The Kier molecular flexibility index (Phi) is 3.20. The number of rotatable bonds is 3. The lowest BCUT2D eigenvalue weighted by Crippen LogP contribution is -2.20. The maximum atomic E-state index is 12.5.